The second-order valence-corrected chi connectivity index (χ2v) is 5.41. The van der Waals surface area contributed by atoms with Crippen molar-refractivity contribution in [3.05, 3.63) is 11.1 Å². The van der Waals surface area contributed by atoms with Gasteiger partial charge in [-0.25, -0.2) is 17.7 Å². The highest BCUT2D eigenvalue weighted by Crippen LogP contribution is 2.20. The number of aromatic nitrogens is 1. The summed E-state index contributed by atoms with van der Waals surface area (Å²) in [6.45, 7) is 0.327. The topological polar surface area (TPSA) is 76.3 Å². The van der Waals surface area contributed by atoms with Crippen molar-refractivity contribution in [3.8, 4) is 0 Å². The third-order valence-corrected chi connectivity index (χ3v) is 3.76. The standard InChI is InChI=1S/C6H11N3O2S2/c1-9(13(2,10)11)6-8-5(3-7)4-12-6/h4H,3,7H2,1-2H3. The van der Waals surface area contributed by atoms with Crippen molar-refractivity contribution in [3.63, 3.8) is 0 Å². The first-order valence-corrected chi connectivity index (χ1v) is 6.26. The van der Waals surface area contributed by atoms with E-state index in [1.807, 2.05) is 0 Å². The van der Waals surface area contributed by atoms with Crippen LogP contribution in [0.2, 0.25) is 0 Å². The van der Waals surface area contributed by atoms with E-state index in [2.05, 4.69) is 4.98 Å². The van der Waals surface area contributed by atoms with Crippen molar-refractivity contribution in [2.75, 3.05) is 17.6 Å². The second-order valence-electron chi connectivity index (χ2n) is 2.56. The number of thiazole rings is 1. The minimum Gasteiger partial charge on any atom is -0.325 e. The van der Waals surface area contributed by atoms with Crippen LogP contribution in [0.1, 0.15) is 5.69 Å². The normalized spacial score (nSPS) is 11.6. The summed E-state index contributed by atoms with van der Waals surface area (Å²) < 4.78 is 23.3. The van der Waals surface area contributed by atoms with Gasteiger partial charge in [0.2, 0.25) is 10.0 Å². The van der Waals surface area contributed by atoms with Gasteiger partial charge in [0, 0.05) is 19.0 Å². The van der Waals surface area contributed by atoms with E-state index in [9.17, 15) is 8.42 Å². The molecular formula is C6H11N3O2S2. The summed E-state index contributed by atoms with van der Waals surface area (Å²) in [5, 5.41) is 2.19. The molecule has 0 saturated carbocycles. The van der Waals surface area contributed by atoms with E-state index in [1.54, 1.807) is 5.38 Å². The molecule has 0 aliphatic carbocycles. The summed E-state index contributed by atoms with van der Waals surface area (Å²) in [5.41, 5.74) is 6.05. The van der Waals surface area contributed by atoms with E-state index in [0.717, 1.165) is 10.6 Å². The fourth-order valence-electron chi connectivity index (χ4n) is 0.677. The summed E-state index contributed by atoms with van der Waals surface area (Å²) in [4.78, 5) is 4.04. The lowest BCUT2D eigenvalue weighted by Gasteiger charge is -2.11. The SMILES string of the molecule is CN(c1nc(CN)cs1)S(C)(=O)=O. The lowest BCUT2D eigenvalue weighted by atomic mass is 10.5. The molecule has 0 aromatic carbocycles. The Kier molecular flexibility index (Phi) is 2.89. The highest BCUT2D eigenvalue weighted by Gasteiger charge is 2.14. The maximum absolute atomic E-state index is 11.1. The highest BCUT2D eigenvalue weighted by molar-refractivity contribution is 7.92. The summed E-state index contributed by atoms with van der Waals surface area (Å²) in [6, 6.07) is 0. The molecule has 0 fully saturated rings. The van der Waals surface area contributed by atoms with Crippen LogP contribution in [0.3, 0.4) is 0 Å². The number of anilines is 1. The first-order chi connectivity index (χ1) is 5.95. The number of hydrogen-bond acceptors (Lipinski definition) is 5. The quantitative estimate of drug-likeness (QED) is 0.779. The smallest absolute Gasteiger partial charge is 0.233 e. The van der Waals surface area contributed by atoms with Gasteiger partial charge in [-0.2, -0.15) is 0 Å². The molecule has 0 unspecified atom stereocenters. The van der Waals surface area contributed by atoms with Crippen molar-refractivity contribution < 1.29 is 8.42 Å². The molecule has 2 N–H and O–H groups in total. The Bertz CT molecular complexity index is 384. The van der Waals surface area contributed by atoms with Crippen molar-refractivity contribution >= 4 is 26.5 Å². The lowest BCUT2D eigenvalue weighted by molar-refractivity contribution is 0.600. The van der Waals surface area contributed by atoms with Crippen LogP contribution in [0, 0.1) is 0 Å². The number of sulfonamides is 1. The Morgan fingerprint density at radius 1 is 1.69 bits per heavy atom. The van der Waals surface area contributed by atoms with E-state index < -0.39 is 10.0 Å². The molecule has 0 radical (unpaired) electrons. The molecule has 0 aliphatic heterocycles. The first kappa shape index (κ1) is 10.4. The molecule has 0 aliphatic rings. The molecule has 1 aromatic heterocycles. The van der Waals surface area contributed by atoms with Crippen LogP contribution in [-0.2, 0) is 16.6 Å². The first-order valence-electron chi connectivity index (χ1n) is 3.53. The second kappa shape index (κ2) is 3.60. The molecule has 0 bridgehead atoms. The minimum atomic E-state index is -3.21. The Hall–Kier alpha value is -0.660. The van der Waals surface area contributed by atoms with Gasteiger partial charge in [0.15, 0.2) is 5.13 Å². The minimum absolute atomic E-state index is 0.327. The Morgan fingerprint density at radius 2 is 2.31 bits per heavy atom. The molecule has 1 rings (SSSR count). The molecule has 0 spiro atoms. The van der Waals surface area contributed by atoms with Crippen molar-refractivity contribution in [1.29, 1.82) is 0 Å². The maximum Gasteiger partial charge on any atom is 0.233 e. The molecule has 74 valence electrons. The summed E-state index contributed by atoms with van der Waals surface area (Å²) in [6.07, 6.45) is 1.14. The van der Waals surface area contributed by atoms with Gasteiger partial charge in [0.05, 0.1) is 11.9 Å². The molecule has 1 heterocycles. The zero-order valence-electron chi connectivity index (χ0n) is 7.39. The van der Waals surface area contributed by atoms with E-state index >= 15 is 0 Å². The molecule has 5 nitrogen and oxygen atoms in total. The zero-order chi connectivity index (χ0) is 10.1. The van der Waals surface area contributed by atoms with Gasteiger partial charge >= 0.3 is 0 Å². The lowest BCUT2D eigenvalue weighted by Crippen LogP contribution is -2.24. The summed E-state index contributed by atoms with van der Waals surface area (Å²) >= 11 is 1.26. The van der Waals surface area contributed by atoms with Gasteiger partial charge in [-0.15, -0.1) is 11.3 Å². The van der Waals surface area contributed by atoms with Gasteiger partial charge in [-0.3, -0.25) is 0 Å². The number of nitrogens with zero attached hydrogens (tertiary/aromatic N) is 2. The van der Waals surface area contributed by atoms with E-state index in [-0.39, 0.29) is 0 Å². The van der Waals surface area contributed by atoms with E-state index in [0.29, 0.717) is 17.4 Å². The van der Waals surface area contributed by atoms with Gasteiger partial charge in [-0.1, -0.05) is 0 Å². The van der Waals surface area contributed by atoms with E-state index in [4.69, 9.17) is 5.73 Å². The number of nitrogens with two attached hydrogens (primary N) is 1. The predicted molar refractivity (Wildman–Crippen MR) is 53.3 cm³/mol. The third kappa shape index (κ3) is 2.39. The van der Waals surface area contributed by atoms with Crippen molar-refractivity contribution in [1.82, 2.24) is 4.98 Å². The Labute approximate surface area is 81.2 Å². The van der Waals surface area contributed by atoms with Crippen molar-refractivity contribution in [2.45, 2.75) is 6.54 Å². The molecule has 7 heteroatoms. The molecule has 1 aromatic rings. The van der Waals surface area contributed by atoms with Gasteiger partial charge in [0.25, 0.3) is 0 Å². The van der Waals surface area contributed by atoms with E-state index in [1.165, 1.54) is 18.4 Å². The van der Waals surface area contributed by atoms with Crippen LogP contribution in [0.4, 0.5) is 5.13 Å². The van der Waals surface area contributed by atoms with Gasteiger partial charge in [-0.05, 0) is 0 Å². The Balaban J connectivity index is 2.96. The van der Waals surface area contributed by atoms with Crippen LogP contribution in [0.25, 0.3) is 0 Å². The highest BCUT2D eigenvalue weighted by atomic mass is 32.2. The average molecular weight is 221 g/mol. The monoisotopic (exact) mass is 221 g/mol. The molecule has 0 atom stereocenters. The average Bonchev–Trinajstić information content (AvgIpc) is 2.48. The Morgan fingerprint density at radius 3 is 2.69 bits per heavy atom. The van der Waals surface area contributed by atoms with Crippen LogP contribution >= 0.6 is 11.3 Å². The molecule has 13 heavy (non-hydrogen) atoms. The number of rotatable bonds is 3. The predicted octanol–water partition coefficient (Wildman–Crippen LogP) is -0.00240. The third-order valence-electron chi connectivity index (χ3n) is 1.52. The van der Waals surface area contributed by atoms with Crippen LogP contribution in [-0.4, -0.2) is 26.7 Å². The largest absolute Gasteiger partial charge is 0.325 e. The fraction of sp³-hybridized carbons (Fsp3) is 0.500. The molecule has 0 amide bonds. The molecule has 0 saturated heterocycles. The van der Waals surface area contributed by atoms with Crippen LogP contribution in [0.5, 0.6) is 0 Å². The molecular weight excluding hydrogens is 210 g/mol. The number of hydrogen-bond donors (Lipinski definition) is 1. The fourth-order valence-corrected chi connectivity index (χ4v) is 2.25. The summed E-state index contributed by atoms with van der Waals surface area (Å²) in [5.74, 6) is 0. The van der Waals surface area contributed by atoms with Gasteiger partial charge in [0.1, 0.15) is 0 Å². The maximum atomic E-state index is 11.1. The zero-order valence-corrected chi connectivity index (χ0v) is 9.02. The van der Waals surface area contributed by atoms with Gasteiger partial charge < -0.3 is 5.73 Å². The van der Waals surface area contributed by atoms with Crippen LogP contribution in [0.15, 0.2) is 5.38 Å². The van der Waals surface area contributed by atoms with Crippen molar-refractivity contribution in [2.24, 2.45) is 5.73 Å². The summed E-state index contributed by atoms with van der Waals surface area (Å²) in [7, 11) is -1.74. The van der Waals surface area contributed by atoms with Crippen LogP contribution < -0.4 is 10.0 Å².